The van der Waals surface area contributed by atoms with Crippen molar-refractivity contribution in [2.24, 2.45) is 0 Å². The number of carbonyl (C=O) groups excluding carboxylic acids is 2. The summed E-state index contributed by atoms with van der Waals surface area (Å²) in [5.41, 5.74) is 0.973. The molecule has 28 heavy (non-hydrogen) atoms. The maximum atomic E-state index is 12.9. The number of hydrogen-bond donors (Lipinski definition) is 2. The highest BCUT2D eigenvalue weighted by Gasteiger charge is 2.29. The summed E-state index contributed by atoms with van der Waals surface area (Å²) < 4.78 is 5.29. The van der Waals surface area contributed by atoms with Gasteiger partial charge in [-0.1, -0.05) is 41.7 Å². The fourth-order valence-corrected chi connectivity index (χ4v) is 3.95. The molecular weight excluding hydrogens is 378 g/mol. The molecule has 1 aliphatic heterocycles. The van der Waals surface area contributed by atoms with Crippen molar-refractivity contribution in [2.45, 2.75) is 31.2 Å². The molecule has 1 saturated heterocycles. The zero-order valence-corrected chi connectivity index (χ0v) is 16.3. The van der Waals surface area contributed by atoms with E-state index in [1.807, 2.05) is 30.3 Å². The number of benzene rings is 1. The van der Waals surface area contributed by atoms with Crippen LogP contribution in [-0.4, -0.2) is 59.4 Å². The number of ether oxygens (including phenoxy) is 1. The van der Waals surface area contributed by atoms with Crippen LogP contribution in [0.5, 0.6) is 0 Å². The Morgan fingerprint density at radius 3 is 2.64 bits per heavy atom. The Morgan fingerprint density at radius 2 is 1.93 bits per heavy atom. The number of amides is 3. The summed E-state index contributed by atoms with van der Waals surface area (Å²) in [6, 6.07) is 8.68. The molecule has 148 valence electrons. The third-order valence-corrected chi connectivity index (χ3v) is 5.79. The minimum Gasteiger partial charge on any atom is -0.378 e. The molecule has 4 rings (SSSR count). The van der Waals surface area contributed by atoms with Crippen molar-refractivity contribution in [3.63, 3.8) is 0 Å². The summed E-state index contributed by atoms with van der Waals surface area (Å²) in [7, 11) is 0. The van der Waals surface area contributed by atoms with Gasteiger partial charge in [-0.05, 0) is 18.4 Å². The van der Waals surface area contributed by atoms with Gasteiger partial charge < -0.3 is 15.0 Å². The molecule has 1 aromatic carbocycles. The van der Waals surface area contributed by atoms with Gasteiger partial charge in [0.1, 0.15) is 11.0 Å². The Bertz CT molecular complexity index is 818. The van der Waals surface area contributed by atoms with Crippen LogP contribution in [0, 0.1) is 0 Å². The van der Waals surface area contributed by atoms with Crippen molar-refractivity contribution in [1.82, 2.24) is 20.4 Å². The van der Waals surface area contributed by atoms with E-state index in [9.17, 15) is 9.59 Å². The van der Waals surface area contributed by atoms with Crippen LogP contribution in [0.3, 0.4) is 0 Å². The second-order valence-corrected chi connectivity index (χ2v) is 8.01. The molecule has 3 amide bonds. The van der Waals surface area contributed by atoms with Crippen molar-refractivity contribution in [1.29, 1.82) is 0 Å². The van der Waals surface area contributed by atoms with E-state index in [1.54, 1.807) is 4.90 Å². The molecule has 9 heteroatoms. The topological polar surface area (TPSA) is 96.4 Å². The Balaban J connectivity index is 1.44. The van der Waals surface area contributed by atoms with Gasteiger partial charge in [-0.15, -0.1) is 10.2 Å². The molecule has 8 nitrogen and oxygen atoms in total. The summed E-state index contributed by atoms with van der Waals surface area (Å²) in [5.74, 6) is 0.202. The molecule has 2 heterocycles. The Hall–Kier alpha value is -2.52. The third kappa shape index (κ3) is 4.85. The van der Waals surface area contributed by atoms with Crippen LogP contribution < -0.4 is 10.6 Å². The average molecular weight is 401 g/mol. The highest BCUT2D eigenvalue weighted by molar-refractivity contribution is 7.15. The van der Waals surface area contributed by atoms with Crippen molar-refractivity contribution in [2.75, 3.05) is 31.6 Å². The second kappa shape index (κ2) is 8.66. The standard InChI is InChI=1S/C19H23N5O3S/c25-16(21-18-23-22-17(28-18)14-6-7-14)15(12-13-4-2-1-3-5-13)20-19(26)24-8-10-27-11-9-24/h1-5,14-15H,6-12H2,(H,20,26)(H,21,23,25). The van der Waals surface area contributed by atoms with Gasteiger partial charge in [0.25, 0.3) is 0 Å². The van der Waals surface area contributed by atoms with Crippen molar-refractivity contribution in [3.8, 4) is 0 Å². The fraction of sp³-hybridized carbons (Fsp3) is 0.474. The number of aromatic nitrogens is 2. The highest BCUT2D eigenvalue weighted by Crippen LogP contribution is 2.42. The van der Waals surface area contributed by atoms with Gasteiger partial charge >= 0.3 is 6.03 Å². The highest BCUT2D eigenvalue weighted by atomic mass is 32.1. The van der Waals surface area contributed by atoms with Crippen LogP contribution in [0.2, 0.25) is 0 Å². The lowest BCUT2D eigenvalue weighted by Gasteiger charge is -2.29. The first-order valence-electron chi connectivity index (χ1n) is 9.50. The molecule has 1 unspecified atom stereocenters. The number of nitrogens with zero attached hydrogens (tertiary/aromatic N) is 3. The molecule has 2 aliphatic rings. The SMILES string of the molecule is O=C(Nc1nnc(C2CC2)s1)C(Cc1ccccc1)NC(=O)N1CCOCC1. The Morgan fingerprint density at radius 1 is 1.18 bits per heavy atom. The van der Waals surface area contributed by atoms with E-state index in [0.29, 0.717) is 43.8 Å². The number of rotatable bonds is 6. The molecule has 1 saturated carbocycles. The summed E-state index contributed by atoms with van der Waals surface area (Å²) in [6.07, 6.45) is 2.67. The van der Waals surface area contributed by atoms with Gasteiger partial charge in [0.2, 0.25) is 11.0 Å². The van der Waals surface area contributed by atoms with Crippen LogP contribution in [0.1, 0.15) is 29.3 Å². The molecule has 1 aliphatic carbocycles. The lowest BCUT2D eigenvalue weighted by molar-refractivity contribution is -0.118. The van der Waals surface area contributed by atoms with Gasteiger partial charge in [-0.2, -0.15) is 0 Å². The van der Waals surface area contributed by atoms with Crippen LogP contribution in [-0.2, 0) is 16.0 Å². The summed E-state index contributed by atoms with van der Waals surface area (Å²) in [4.78, 5) is 27.2. The first-order chi connectivity index (χ1) is 13.7. The van der Waals surface area contributed by atoms with E-state index in [2.05, 4.69) is 20.8 Å². The number of carbonyl (C=O) groups is 2. The third-order valence-electron chi connectivity index (χ3n) is 4.79. The average Bonchev–Trinajstić information content (AvgIpc) is 3.48. The number of morpholine rings is 1. The Kier molecular flexibility index (Phi) is 5.82. The van der Waals surface area contributed by atoms with Crippen molar-refractivity contribution >= 4 is 28.4 Å². The van der Waals surface area contributed by atoms with E-state index < -0.39 is 6.04 Å². The maximum Gasteiger partial charge on any atom is 0.318 e. The van der Waals surface area contributed by atoms with E-state index >= 15 is 0 Å². The zero-order chi connectivity index (χ0) is 19.3. The van der Waals surface area contributed by atoms with Crippen molar-refractivity contribution < 1.29 is 14.3 Å². The van der Waals surface area contributed by atoms with Crippen LogP contribution in [0.4, 0.5) is 9.93 Å². The molecule has 2 fully saturated rings. The summed E-state index contributed by atoms with van der Waals surface area (Å²) >= 11 is 1.41. The number of hydrogen-bond acceptors (Lipinski definition) is 6. The molecular formula is C19H23N5O3S. The van der Waals surface area contributed by atoms with Crippen LogP contribution in [0.15, 0.2) is 30.3 Å². The van der Waals surface area contributed by atoms with E-state index in [0.717, 1.165) is 23.4 Å². The Labute approximate surface area is 167 Å². The monoisotopic (exact) mass is 401 g/mol. The largest absolute Gasteiger partial charge is 0.378 e. The molecule has 1 atom stereocenters. The number of urea groups is 1. The molecule has 2 aromatic rings. The zero-order valence-electron chi connectivity index (χ0n) is 15.5. The maximum absolute atomic E-state index is 12.9. The lowest BCUT2D eigenvalue weighted by atomic mass is 10.1. The second-order valence-electron chi connectivity index (χ2n) is 7.00. The lowest BCUT2D eigenvalue weighted by Crippen LogP contribution is -2.53. The first-order valence-corrected chi connectivity index (χ1v) is 10.3. The quantitative estimate of drug-likeness (QED) is 0.772. The van der Waals surface area contributed by atoms with Gasteiger partial charge in [0, 0.05) is 25.4 Å². The summed E-state index contributed by atoms with van der Waals surface area (Å²) in [6.45, 7) is 2.06. The van der Waals surface area contributed by atoms with Gasteiger partial charge in [-0.3, -0.25) is 10.1 Å². The van der Waals surface area contributed by atoms with E-state index in [4.69, 9.17) is 4.74 Å². The van der Waals surface area contributed by atoms with Crippen molar-refractivity contribution in [3.05, 3.63) is 40.9 Å². The number of nitrogens with one attached hydrogen (secondary N) is 2. The van der Waals surface area contributed by atoms with Gasteiger partial charge in [-0.25, -0.2) is 4.79 Å². The predicted molar refractivity (Wildman–Crippen MR) is 105 cm³/mol. The van der Waals surface area contributed by atoms with Gasteiger partial charge in [0.15, 0.2) is 0 Å². The molecule has 0 bridgehead atoms. The fourth-order valence-electron chi connectivity index (χ4n) is 3.04. The minimum absolute atomic E-state index is 0.254. The predicted octanol–water partition coefficient (Wildman–Crippen LogP) is 2.01. The van der Waals surface area contributed by atoms with Gasteiger partial charge in [0.05, 0.1) is 13.2 Å². The van der Waals surface area contributed by atoms with Crippen LogP contribution in [0.25, 0.3) is 0 Å². The van der Waals surface area contributed by atoms with Crippen LogP contribution >= 0.6 is 11.3 Å². The molecule has 0 radical (unpaired) electrons. The molecule has 2 N–H and O–H groups in total. The first kappa shape index (κ1) is 18.8. The molecule has 1 aromatic heterocycles. The summed E-state index contributed by atoms with van der Waals surface area (Å²) in [5, 5.41) is 15.4. The number of anilines is 1. The minimum atomic E-state index is -0.703. The molecule has 0 spiro atoms. The van der Waals surface area contributed by atoms with E-state index in [1.165, 1.54) is 11.3 Å². The normalized spacial score (nSPS) is 17.8. The van der Waals surface area contributed by atoms with E-state index in [-0.39, 0.29) is 11.9 Å². The smallest absolute Gasteiger partial charge is 0.318 e.